The number of carbonyl (C=O) groups excluding carboxylic acids is 1. The van der Waals surface area contributed by atoms with E-state index in [0.717, 1.165) is 0 Å². The summed E-state index contributed by atoms with van der Waals surface area (Å²) >= 11 is 0. The Bertz CT molecular complexity index is 663. The smallest absolute Gasteiger partial charge is 0.432 e. The number of rotatable bonds is 3. The Morgan fingerprint density at radius 3 is 2.72 bits per heavy atom. The fraction of sp³-hybridized carbons (Fsp3) is 0.643. The molecule has 2 saturated heterocycles. The summed E-state index contributed by atoms with van der Waals surface area (Å²) in [6, 6.07) is 0.248. The Morgan fingerprint density at radius 2 is 2.08 bits per heavy atom. The van der Waals surface area contributed by atoms with Crippen LogP contribution < -0.4 is 0 Å². The highest BCUT2D eigenvalue weighted by Crippen LogP contribution is 2.28. The summed E-state index contributed by atoms with van der Waals surface area (Å²) in [5, 5.41) is 14.3. The van der Waals surface area contributed by atoms with Crippen LogP contribution in [0.5, 0.6) is 0 Å². The zero-order chi connectivity index (χ0) is 18.2. The first-order valence-corrected chi connectivity index (χ1v) is 7.69. The van der Waals surface area contributed by atoms with Crippen molar-refractivity contribution in [2.45, 2.75) is 12.2 Å². The van der Waals surface area contributed by atoms with Crippen LogP contribution in [0, 0.1) is 5.92 Å². The van der Waals surface area contributed by atoms with Crippen LogP contribution in [0.4, 0.5) is 13.2 Å². The normalized spacial score (nSPS) is 24.8. The van der Waals surface area contributed by atoms with E-state index in [1.54, 1.807) is 4.90 Å². The fourth-order valence-electron chi connectivity index (χ4n) is 3.23. The quantitative estimate of drug-likeness (QED) is 0.802. The number of fused-ring (bicyclic) bond motifs is 3. The largest absolute Gasteiger partial charge is 0.480 e. The van der Waals surface area contributed by atoms with E-state index < -0.39 is 29.8 Å². The summed E-state index contributed by atoms with van der Waals surface area (Å²) in [6.07, 6.45) is -4.61. The van der Waals surface area contributed by atoms with Gasteiger partial charge in [0.2, 0.25) is 0 Å². The van der Waals surface area contributed by atoms with Crippen molar-refractivity contribution in [1.29, 1.82) is 0 Å². The number of aliphatic carboxylic acids is 1. The lowest BCUT2D eigenvalue weighted by Gasteiger charge is -2.30. The number of halogens is 3. The molecule has 1 aromatic rings. The van der Waals surface area contributed by atoms with Gasteiger partial charge < -0.3 is 14.7 Å². The number of nitrogens with one attached hydrogen (secondary N) is 1. The topological polar surface area (TPSA) is 98.8 Å². The highest BCUT2D eigenvalue weighted by atomic mass is 19.4. The minimum absolute atomic E-state index is 0.114. The third-order valence-corrected chi connectivity index (χ3v) is 4.27. The van der Waals surface area contributed by atoms with Crippen molar-refractivity contribution in [3.8, 4) is 0 Å². The minimum atomic E-state index is -4.61. The number of carboxylic acids is 1. The number of ether oxygens (including phenoxy) is 1. The van der Waals surface area contributed by atoms with Crippen LogP contribution in [0.25, 0.3) is 0 Å². The van der Waals surface area contributed by atoms with Crippen molar-refractivity contribution in [1.82, 2.24) is 20.0 Å². The zero-order valence-corrected chi connectivity index (χ0v) is 13.1. The lowest BCUT2D eigenvalue weighted by atomic mass is 10.1. The van der Waals surface area contributed by atoms with Crippen LogP contribution in [0.3, 0.4) is 0 Å². The molecule has 2 aliphatic heterocycles. The van der Waals surface area contributed by atoms with Gasteiger partial charge in [0.05, 0.1) is 25.8 Å². The van der Waals surface area contributed by atoms with Gasteiger partial charge in [-0.1, -0.05) is 0 Å². The van der Waals surface area contributed by atoms with Crippen LogP contribution >= 0.6 is 0 Å². The molecular formula is C14H17F3N4O4. The maximum absolute atomic E-state index is 12.7. The number of amides is 1. The first-order valence-electron chi connectivity index (χ1n) is 7.69. The summed E-state index contributed by atoms with van der Waals surface area (Å²) in [5.74, 6) is -1.71. The van der Waals surface area contributed by atoms with Gasteiger partial charge >= 0.3 is 12.1 Å². The predicted molar refractivity (Wildman–Crippen MR) is 76.8 cm³/mol. The van der Waals surface area contributed by atoms with E-state index in [-0.39, 0.29) is 37.9 Å². The van der Waals surface area contributed by atoms with Gasteiger partial charge in [-0.15, -0.1) is 0 Å². The zero-order valence-electron chi connectivity index (χ0n) is 13.1. The third kappa shape index (κ3) is 3.93. The molecule has 3 heterocycles. The number of aromatic nitrogens is 2. The molecule has 3 rings (SSSR count). The van der Waals surface area contributed by atoms with Crippen LogP contribution in [-0.2, 0) is 15.7 Å². The average Bonchev–Trinajstić information content (AvgIpc) is 2.83. The van der Waals surface area contributed by atoms with Crippen molar-refractivity contribution < 1.29 is 32.6 Å². The molecule has 2 aliphatic rings. The first kappa shape index (κ1) is 17.7. The van der Waals surface area contributed by atoms with Crippen LogP contribution in [-0.4, -0.2) is 82.4 Å². The molecule has 2 atom stereocenters. The van der Waals surface area contributed by atoms with Gasteiger partial charge in [0.1, 0.15) is 5.69 Å². The Kier molecular flexibility index (Phi) is 4.69. The van der Waals surface area contributed by atoms with E-state index in [9.17, 15) is 22.8 Å². The molecule has 2 fully saturated rings. The maximum atomic E-state index is 12.7. The number of H-pyrrole nitrogens is 1. The molecule has 25 heavy (non-hydrogen) atoms. The third-order valence-electron chi connectivity index (χ3n) is 4.27. The lowest BCUT2D eigenvalue weighted by Crippen LogP contribution is -2.47. The lowest BCUT2D eigenvalue weighted by molar-refractivity contribution is -0.141. The SMILES string of the molecule is O=C(O)CN1C[C@@H]2COC[C@H](C1)N(C(=O)c1cc(C(F)(F)F)[nH]n1)C2. The van der Waals surface area contributed by atoms with Crippen LogP contribution in [0.2, 0.25) is 0 Å². The second-order valence-corrected chi connectivity index (χ2v) is 6.27. The van der Waals surface area contributed by atoms with Crippen molar-refractivity contribution in [2.75, 3.05) is 39.4 Å². The second-order valence-electron chi connectivity index (χ2n) is 6.27. The number of carbonyl (C=O) groups is 2. The number of nitrogens with zero attached hydrogens (tertiary/aromatic N) is 3. The molecule has 0 aliphatic carbocycles. The van der Waals surface area contributed by atoms with Crippen LogP contribution in [0.15, 0.2) is 6.07 Å². The Labute approximate surface area is 140 Å². The summed E-state index contributed by atoms with van der Waals surface area (Å²) in [5.41, 5.74) is -1.40. The molecule has 8 nitrogen and oxygen atoms in total. The highest BCUT2D eigenvalue weighted by molar-refractivity contribution is 5.92. The molecule has 0 unspecified atom stereocenters. The van der Waals surface area contributed by atoms with E-state index in [0.29, 0.717) is 19.2 Å². The summed E-state index contributed by atoms with van der Waals surface area (Å²) < 4.78 is 43.6. The fourth-order valence-corrected chi connectivity index (χ4v) is 3.23. The molecule has 0 radical (unpaired) electrons. The molecule has 2 bridgehead atoms. The standard InChI is InChI=1S/C14H17F3N4O4/c15-14(16,17)11-1-10(18-19-11)13(24)21-3-8-2-20(5-12(22)23)4-9(21)7-25-6-8/h1,8-9H,2-7H2,(H,18,19)(H,22,23)/t8-,9-/m0/s1. The highest BCUT2D eigenvalue weighted by Gasteiger charge is 2.39. The Hall–Kier alpha value is -2.14. The van der Waals surface area contributed by atoms with Crippen LogP contribution in [0.1, 0.15) is 16.2 Å². The molecule has 1 aromatic heterocycles. The van der Waals surface area contributed by atoms with Gasteiger partial charge in [-0.05, 0) is 0 Å². The van der Waals surface area contributed by atoms with E-state index in [1.807, 2.05) is 5.10 Å². The molecule has 2 N–H and O–H groups in total. The maximum Gasteiger partial charge on any atom is 0.432 e. The van der Waals surface area contributed by atoms with E-state index >= 15 is 0 Å². The van der Waals surface area contributed by atoms with Gasteiger partial charge in [0.15, 0.2) is 5.69 Å². The van der Waals surface area contributed by atoms with E-state index in [4.69, 9.17) is 9.84 Å². The first-order chi connectivity index (χ1) is 11.7. The average molecular weight is 362 g/mol. The summed E-state index contributed by atoms with van der Waals surface area (Å²) in [6.45, 7) is 1.43. The number of hydrogen-bond donors (Lipinski definition) is 2. The predicted octanol–water partition coefficient (Wildman–Crippen LogP) is 0.286. The number of alkyl halides is 3. The van der Waals surface area contributed by atoms with Crippen molar-refractivity contribution in [3.05, 3.63) is 17.5 Å². The molecular weight excluding hydrogens is 345 g/mol. The molecule has 0 aromatic carbocycles. The Balaban J connectivity index is 1.80. The summed E-state index contributed by atoms with van der Waals surface area (Å²) in [4.78, 5) is 26.8. The van der Waals surface area contributed by atoms with Gasteiger partial charge in [-0.3, -0.25) is 19.6 Å². The number of aromatic amines is 1. The summed E-state index contributed by atoms with van der Waals surface area (Å²) in [7, 11) is 0. The molecule has 138 valence electrons. The van der Waals surface area contributed by atoms with Gasteiger partial charge in [-0.25, -0.2) is 0 Å². The van der Waals surface area contributed by atoms with Gasteiger partial charge in [0, 0.05) is 31.6 Å². The molecule has 0 spiro atoms. The van der Waals surface area contributed by atoms with E-state index in [1.165, 1.54) is 4.90 Å². The minimum Gasteiger partial charge on any atom is -0.480 e. The number of carboxylic acid groups (broad SMARTS) is 1. The Morgan fingerprint density at radius 1 is 1.32 bits per heavy atom. The van der Waals surface area contributed by atoms with E-state index in [2.05, 4.69) is 5.10 Å². The number of hydrogen-bond acceptors (Lipinski definition) is 5. The molecule has 1 amide bonds. The monoisotopic (exact) mass is 362 g/mol. The van der Waals surface area contributed by atoms with Crippen molar-refractivity contribution in [2.24, 2.45) is 5.92 Å². The molecule has 0 saturated carbocycles. The van der Waals surface area contributed by atoms with Crippen molar-refractivity contribution in [3.63, 3.8) is 0 Å². The van der Waals surface area contributed by atoms with Gasteiger partial charge in [-0.2, -0.15) is 18.3 Å². The van der Waals surface area contributed by atoms with Gasteiger partial charge in [0.25, 0.3) is 5.91 Å². The second kappa shape index (κ2) is 6.64. The molecule has 11 heteroatoms. The van der Waals surface area contributed by atoms with Crippen molar-refractivity contribution >= 4 is 11.9 Å².